The minimum atomic E-state index is 0. The Morgan fingerprint density at radius 1 is 0.270 bits per heavy atom. The smallest absolute Gasteiger partial charge is 0.168 e. The van der Waals surface area contributed by atoms with E-state index in [1.54, 1.807) is 42.3 Å². The molecule has 6 rings (SSSR count). The number of pyridine rings is 3. The highest BCUT2D eigenvalue weighted by Gasteiger charge is 2.02. The maximum Gasteiger partial charge on any atom is 0.168 e. The molecule has 594 valence electrons. The Kier molecular flexibility index (Phi) is 229. The minimum Gasteiger partial charge on any atom is -0.375 e. The summed E-state index contributed by atoms with van der Waals surface area (Å²) in [5.74, 6) is 4.53. The van der Waals surface area contributed by atoms with E-state index in [-0.39, 0.29) is 22.3 Å². The lowest BCUT2D eigenvalue weighted by molar-refractivity contribution is -0.671. The first-order valence-electron chi connectivity index (χ1n) is 35.6. The van der Waals surface area contributed by atoms with Crippen LogP contribution < -0.4 is 28.4 Å². The molecule has 12 nitrogen and oxygen atoms in total. The van der Waals surface area contributed by atoms with E-state index < -0.39 is 0 Å². The zero-order valence-electron chi connectivity index (χ0n) is 73.6. The molecule has 0 aliphatic rings. The molecule has 0 N–H and O–H groups in total. The SMILES string of the molecule is CC.CC.CC.CC.CC.CC.CC.CC.CC.CC.CC.CC.CCN(C)c1ccccc1.CCSSCC.CN(CSCSSCSCN(C)c1ccccc1)c1ccccc1.CN=NC.CN=NC.CN=NC.C[n+]1ccccc1.C[n+]1ccccc1.C[n+]1ccccc1.[CH3-].[CH3-].[CH3-]. The highest BCUT2D eigenvalue weighted by molar-refractivity contribution is 8.79. The van der Waals surface area contributed by atoms with Gasteiger partial charge in [0.15, 0.2) is 37.2 Å². The third kappa shape index (κ3) is 144. The molecule has 0 amide bonds. The van der Waals surface area contributed by atoms with Crippen molar-refractivity contribution < 1.29 is 13.7 Å². The molecule has 0 aliphatic carbocycles. The van der Waals surface area contributed by atoms with Crippen LogP contribution in [0.5, 0.6) is 0 Å². The van der Waals surface area contributed by atoms with Gasteiger partial charge in [0.05, 0.1) is 21.9 Å². The van der Waals surface area contributed by atoms with Crippen LogP contribution in [0, 0.1) is 22.3 Å². The van der Waals surface area contributed by atoms with Gasteiger partial charge in [-0.05, 0) is 43.3 Å². The van der Waals surface area contributed by atoms with Crippen LogP contribution in [-0.2, 0) is 21.1 Å². The Bertz CT molecular complexity index is 1880. The zero-order chi connectivity index (χ0) is 78.8. The fourth-order valence-electron chi connectivity index (χ4n) is 4.48. The molecular weight excluding hydrogens is 1350 g/mol. The van der Waals surface area contributed by atoms with Crippen molar-refractivity contribution >= 4 is 83.8 Å². The molecule has 3 heterocycles. The Hall–Kier alpha value is -4.59. The van der Waals surface area contributed by atoms with Gasteiger partial charge in [-0.25, -0.2) is 13.7 Å². The zero-order valence-corrected chi connectivity index (χ0v) is 78.5. The fourth-order valence-corrected chi connectivity index (χ4v) is 10.8. The summed E-state index contributed by atoms with van der Waals surface area (Å²) in [6.45, 7) is 55.6. The van der Waals surface area contributed by atoms with E-state index in [0.717, 1.165) is 28.5 Å². The third-order valence-corrected chi connectivity index (χ3v) is 16.7. The van der Waals surface area contributed by atoms with E-state index in [4.69, 9.17) is 0 Å². The molecule has 0 fully saturated rings. The van der Waals surface area contributed by atoms with Gasteiger partial charge in [-0.15, -0.1) is 23.5 Å². The number of aromatic nitrogens is 3. The van der Waals surface area contributed by atoms with Gasteiger partial charge < -0.3 is 37.0 Å². The quantitative estimate of drug-likeness (QED) is 0.0234. The summed E-state index contributed by atoms with van der Waals surface area (Å²) in [5.41, 5.74) is 3.84. The molecule has 0 saturated carbocycles. The first kappa shape index (κ1) is 142. The monoisotopic (exact) mass is 1520 g/mol. The normalized spacial score (nSPS) is 7.71. The summed E-state index contributed by atoms with van der Waals surface area (Å²) in [5, 5.41) is 22.4. The second-order valence-electron chi connectivity index (χ2n) is 14.2. The molecule has 0 unspecified atom stereocenters. The van der Waals surface area contributed by atoms with Crippen LogP contribution >= 0.6 is 66.7 Å². The van der Waals surface area contributed by atoms with Crippen molar-refractivity contribution in [1.82, 2.24) is 0 Å². The Balaban J connectivity index is -0.0000000479. The molecule has 100 heavy (non-hydrogen) atoms. The summed E-state index contributed by atoms with van der Waals surface area (Å²) < 4.78 is 6.00. The molecule has 0 atom stereocenters. The summed E-state index contributed by atoms with van der Waals surface area (Å²) in [4.78, 5) is 6.79. The van der Waals surface area contributed by atoms with E-state index in [2.05, 4.69) is 172 Å². The predicted molar refractivity (Wildman–Crippen MR) is 490 cm³/mol. The number of benzene rings is 3. The molecule has 0 bridgehead atoms. The molecule has 18 heteroatoms. The number of anilines is 3. The lowest BCUT2D eigenvalue weighted by Gasteiger charge is -2.19. The van der Waals surface area contributed by atoms with E-state index in [1.165, 1.54) is 28.6 Å². The van der Waals surface area contributed by atoms with Crippen LogP contribution in [0.4, 0.5) is 17.1 Å². The largest absolute Gasteiger partial charge is 0.375 e. The number of thioether (sulfide) groups is 2. The van der Waals surface area contributed by atoms with Crippen molar-refractivity contribution in [1.29, 1.82) is 0 Å². The molecule has 0 saturated heterocycles. The minimum absolute atomic E-state index is 0. The van der Waals surface area contributed by atoms with Crippen LogP contribution in [0.3, 0.4) is 0 Å². The summed E-state index contributed by atoms with van der Waals surface area (Å²) in [6, 6.07) is 49.5. The average molecular weight is 1520 g/mol. The van der Waals surface area contributed by atoms with E-state index in [0.29, 0.717) is 0 Å². The van der Waals surface area contributed by atoms with Gasteiger partial charge in [-0.2, -0.15) is 30.7 Å². The first-order chi connectivity index (χ1) is 47.5. The number of hydrogen-bond acceptors (Lipinski definition) is 15. The van der Waals surface area contributed by atoms with Crippen molar-refractivity contribution in [3.63, 3.8) is 0 Å². The van der Waals surface area contributed by atoms with Crippen molar-refractivity contribution in [2.45, 2.75) is 187 Å². The van der Waals surface area contributed by atoms with Crippen LogP contribution in [0.1, 0.15) is 187 Å². The maximum absolute atomic E-state index is 3.36. The van der Waals surface area contributed by atoms with Gasteiger partial charge in [-0.1, -0.05) is 296 Å². The Morgan fingerprint density at radius 2 is 0.440 bits per heavy atom. The maximum atomic E-state index is 3.36. The van der Waals surface area contributed by atoms with Gasteiger partial charge in [0.25, 0.3) is 0 Å². The van der Waals surface area contributed by atoms with Gasteiger partial charge in [0.1, 0.15) is 21.1 Å². The highest BCUT2D eigenvalue weighted by Crippen LogP contribution is 2.30. The second-order valence-corrected chi connectivity index (χ2v) is 22.3. The van der Waals surface area contributed by atoms with Gasteiger partial charge in [-0.3, -0.25) is 0 Å². The van der Waals surface area contributed by atoms with Crippen molar-refractivity contribution in [3.8, 4) is 0 Å². The third-order valence-electron chi connectivity index (χ3n) is 8.49. The van der Waals surface area contributed by atoms with Gasteiger partial charge in [0.2, 0.25) is 0 Å². The molecular formula is C82H170N12S6. The standard InChI is InChI=1S/C18H24N2S4.C9H13N.3C6H8N.C4H10S2.3C2H6N2.12C2H6.3CH3/c1-19(17-9-5-3-6-10-17)13-21-15-23-24-16-22-14-20(2)18-11-7-4-8-12-18;1-3-10(2)9-7-5-4-6-8-9;3*1-7-5-3-2-4-6-7;1-3-5-6-4-2;3*1-3-4-2;12*1-2;;;/h3-12H,13-16H2,1-2H3;4-8H,3H2,1-2H3;3*2-6H,1H3;3-4H2,1-2H3;3*1-2H3;12*1-2H3;3*1H3/q;;3*+1;;;;;;;;;;;;;;;;;3*-1. The lowest BCUT2D eigenvalue weighted by Crippen LogP contribution is -2.25. The molecule has 3 aromatic heterocycles. The number of hydrogen-bond donors (Lipinski definition) is 0. The lowest BCUT2D eigenvalue weighted by atomic mass is 10.3. The van der Waals surface area contributed by atoms with Crippen LogP contribution in [0.15, 0.2) is 213 Å². The van der Waals surface area contributed by atoms with Crippen LogP contribution in [0.25, 0.3) is 0 Å². The van der Waals surface area contributed by atoms with E-state index in [1.807, 2.05) is 366 Å². The van der Waals surface area contributed by atoms with Gasteiger partial charge >= 0.3 is 0 Å². The predicted octanol–water partition coefficient (Wildman–Crippen LogP) is 27.8. The summed E-state index contributed by atoms with van der Waals surface area (Å²) in [6.07, 6.45) is 12.0. The number of para-hydroxylation sites is 3. The first-order valence-corrected chi connectivity index (χ1v) is 42.9. The summed E-state index contributed by atoms with van der Waals surface area (Å²) in [7, 11) is 30.0. The topological polar surface area (TPSA) is 95.5 Å². The van der Waals surface area contributed by atoms with E-state index in [9.17, 15) is 0 Å². The molecule has 0 radical (unpaired) electrons. The van der Waals surface area contributed by atoms with Gasteiger partial charge in [0, 0.05) is 135 Å². The van der Waals surface area contributed by atoms with E-state index >= 15 is 0 Å². The molecule has 0 spiro atoms. The summed E-state index contributed by atoms with van der Waals surface area (Å²) >= 11 is 3.93. The van der Waals surface area contributed by atoms with Crippen LogP contribution in [0.2, 0.25) is 0 Å². The molecule has 3 aromatic carbocycles. The molecule has 6 aromatic rings. The molecule has 0 aliphatic heterocycles. The number of rotatable bonds is 16. The van der Waals surface area contributed by atoms with Crippen LogP contribution in [-0.4, -0.2) is 103 Å². The Morgan fingerprint density at radius 3 is 0.580 bits per heavy atom. The number of azo groups is 3. The second kappa shape index (κ2) is 162. The van der Waals surface area contributed by atoms with Crippen molar-refractivity contribution in [3.05, 3.63) is 205 Å². The number of aryl methyl sites for hydroxylation is 3. The number of nitrogens with zero attached hydrogens (tertiary/aromatic N) is 12. The van der Waals surface area contributed by atoms with Crippen molar-refractivity contribution in [2.24, 2.45) is 51.8 Å². The Labute approximate surface area is 654 Å². The average Bonchev–Trinajstić information content (AvgIpc) is 1.12. The van der Waals surface area contributed by atoms with Crippen molar-refractivity contribution in [2.75, 3.05) is 118 Å². The highest BCUT2D eigenvalue weighted by atomic mass is 33.1. The fraction of sp³-hybridized carbons (Fsp3) is 0.561.